The van der Waals surface area contributed by atoms with Crippen LogP contribution in [0.25, 0.3) is 0 Å². The molecule has 2 heterocycles. The zero-order valence-corrected chi connectivity index (χ0v) is 13.4. The van der Waals surface area contributed by atoms with Gasteiger partial charge in [0.15, 0.2) is 5.78 Å². The predicted octanol–water partition coefficient (Wildman–Crippen LogP) is 3.21. The number of hydrogen-bond acceptors (Lipinski definition) is 5. The number of carbonyl (C=O) groups excluding carboxylic acids is 2. The number of benzene rings is 2. The normalized spacial score (nSPS) is 12.7. The van der Waals surface area contributed by atoms with Crippen molar-refractivity contribution in [1.29, 1.82) is 0 Å². The first-order valence-corrected chi connectivity index (χ1v) is 8.04. The third kappa shape index (κ3) is 2.70. The van der Waals surface area contributed by atoms with Crippen LogP contribution in [0.4, 0.5) is 11.6 Å². The Labute approximate surface area is 145 Å². The van der Waals surface area contributed by atoms with Gasteiger partial charge in [-0.2, -0.15) is 0 Å². The van der Waals surface area contributed by atoms with Gasteiger partial charge in [0.05, 0.1) is 5.69 Å². The lowest BCUT2D eigenvalue weighted by Gasteiger charge is -2.19. The molecule has 1 aliphatic heterocycles. The topological polar surface area (TPSA) is 63.2 Å². The van der Waals surface area contributed by atoms with Crippen LogP contribution in [-0.2, 0) is 6.42 Å². The van der Waals surface area contributed by atoms with Crippen LogP contribution in [0, 0.1) is 0 Å². The average Bonchev–Trinajstić information content (AvgIpc) is 3.12. The van der Waals surface area contributed by atoms with Gasteiger partial charge in [-0.1, -0.05) is 36.4 Å². The highest BCUT2D eigenvalue weighted by Gasteiger charge is 2.27. The fourth-order valence-electron chi connectivity index (χ4n) is 3.14. The smallest absolute Gasteiger partial charge is 0.229 e. The molecule has 0 aliphatic carbocycles. The fraction of sp³-hybridized carbons (Fsp3) is 0.100. The Morgan fingerprint density at radius 3 is 2.48 bits per heavy atom. The minimum absolute atomic E-state index is 0.0721. The number of anilines is 2. The highest BCUT2D eigenvalue weighted by atomic mass is 16.1. The van der Waals surface area contributed by atoms with E-state index in [1.165, 1.54) is 0 Å². The number of carbonyl (C=O) groups is 2. The summed E-state index contributed by atoms with van der Waals surface area (Å²) < 4.78 is 0. The van der Waals surface area contributed by atoms with E-state index in [1.54, 1.807) is 42.7 Å². The molecule has 5 heteroatoms. The number of aldehydes is 1. The van der Waals surface area contributed by atoms with Crippen LogP contribution in [0.3, 0.4) is 0 Å². The minimum atomic E-state index is -0.0721. The molecule has 0 saturated carbocycles. The maximum absolute atomic E-state index is 13.0. The van der Waals surface area contributed by atoms with Crippen LogP contribution in [0.2, 0.25) is 0 Å². The van der Waals surface area contributed by atoms with Crippen LogP contribution in [-0.4, -0.2) is 28.6 Å². The molecule has 0 amide bonds. The number of hydrogen-bond donors (Lipinski definition) is 0. The first-order valence-electron chi connectivity index (χ1n) is 8.04. The van der Waals surface area contributed by atoms with Crippen LogP contribution in [0.1, 0.15) is 31.8 Å². The summed E-state index contributed by atoms with van der Waals surface area (Å²) in [4.78, 5) is 34.5. The van der Waals surface area contributed by atoms with Crippen LogP contribution >= 0.6 is 0 Å². The number of para-hydroxylation sites is 1. The van der Waals surface area contributed by atoms with E-state index in [2.05, 4.69) is 9.97 Å². The molecule has 4 rings (SSSR count). The molecule has 0 radical (unpaired) electrons. The summed E-state index contributed by atoms with van der Waals surface area (Å²) >= 11 is 0. The Bertz CT molecular complexity index is 937. The standard InChI is InChI=1S/C20H15N3O2/c24-13-14-5-7-16(8-6-14)19(25)17-4-1-3-15-9-12-23(18(15)17)20-21-10-2-11-22-20/h1-8,10-11,13H,9,12H2. The zero-order chi connectivity index (χ0) is 17.2. The van der Waals surface area contributed by atoms with Gasteiger partial charge in [0.25, 0.3) is 0 Å². The van der Waals surface area contributed by atoms with E-state index < -0.39 is 0 Å². The lowest BCUT2D eigenvalue weighted by molar-refractivity contribution is 0.103. The van der Waals surface area contributed by atoms with Gasteiger partial charge >= 0.3 is 0 Å². The Morgan fingerprint density at radius 2 is 1.76 bits per heavy atom. The first-order chi connectivity index (χ1) is 12.3. The average molecular weight is 329 g/mol. The van der Waals surface area contributed by atoms with Crippen molar-refractivity contribution in [3.05, 3.63) is 83.2 Å². The molecule has 5 nitrogen and oxygen atoms in total. The monoisotopic (exact) mass is 329 g/mol. The maximum Gasteiger partial charge on any atom is 0.229 e. The summed E-state index contributed by atoms with van der Waals surface area (Å²) in [6.45, 7) is 0.744. The van der Waals surface area contributed by atoms with Crippen LogP contribution in [0.5, 0.6) is 0 Å². The molecule has 0 N–H and O–H groups in total. The van der Waals surface area contributed by atoms with Gasteiger partial charge in [-0.05, 0) is 24.1 Å². The second kappa shape index (κ2) is 6.28. The zero-order valence-electron chi connectivity index (χ0n) is 13.4. The van der Waals surface area contributed by atoms with Gasteiger partial charge in [0.2, 0.25) is 5.95 Å². The van der Waals surface area contributed by atoms with Crippen molar-refractivity contribution >= 4 is 23.7 Å². The van der Waals surface area contributed by atoms with E-state index in [1.807, 2.05) is 23.1 Å². The molecule has 0 fully saturated rings. The predicted molar refractivity (Wildman–Crippen MR) is 94.4 cm³/mol. The SMILES string of the molecule is O=Cc1ccc(C(=O)c2cccc3c2N(c2ncccn2)CC3)cc1. The highest BCUT2D eigenvalue weighted by molar-refractivity contribution is 6.13. The van der Waals surface area contributed by atoms with Gasteiger partial charge in [0, 0.05) is 35.6 Å². The summed E-state index contributed by atoms with van der Waals surface area (Å²) in [5.41, 5.74) is 3.72. The number of aromatic nitrogens is 2. The highest BCUT2D eigenvalue weighted by Crippen LogP contribution is 2.36. The molecule has 0 unspecified atom stereocenters. The molecule has 0 spiro atoms. The lowest BCUT2D eigenvalue weighted by Crippen LogP contribution is -2.18. The van der Waals surface area contributed by atoms with Gasteiger partial charge in [-0.15, -0.1) is 0 Å². The van der Waals surface area contributed by atoms with Crippen molar-refractivity contribution in [3.63, 3.8) is 0 Å². The summed E-state index contributed by atoms with van der Waals surface area (Å²) in [5, 5.41) is 0. The maximum atomic E-state index is 13.0. The largest absolute Gasteiger partial charge is 0.309 e. The second-order valence-corrected chi connectivity index (χ2v) is 5.83. The number of nitrogens with zero attached hydrogens (tertiary/aromatic N) is 3. The summed E-state index contributed by atoms with van der Waals surface area (Å²) in [6.07, 6.45) is 5.01. The molecule has 0 saturated heterocycles. The molecule has 0 bridgehead atoms. The van der Waals surface area contributed by atoms with Crippen molar-refractivity contribution in [2.24, 2.45) is 0 Å². The molecular formula is C20H15N3O2. The Kier molecular flexibility index (Phi) is 3.82. The molecular weight excluding hydrogens is 314 g/mol. The Hall–Kier alpha value is -3.34. The van der Waals surface area contributed by atoms with Crippen molar-refractivity contribution in [2.75, 3.05) is 11.4 Å². The van der Waals surface area contributed by atoms with E-state index in [-0.39, 0.29) is 5.78 Å². The second-order valence-electron chi connectivity index (χ2n) is 5.83. The van der Waals surface area contributed by atoms with Crippen LogP contribution < -0.4 is 4.90 Å². The van der Waals surface area contributed by atoms with Crippen molar-refractivity contribution in [3.8, 4) is 0 Å². The molecule has 122 valence electrons. The Morgan fingerprint density at radius 1 is 1.00 bits per heavy atom. The van der Waals surface area contributed by atoms with E-state index in [0.717, 1.165) is 30.5 Å². The molecule has 3 aromatic rings. The van der Waals surface area contributed by atoms with Crippen molar-refractivity contribution in [1.82, 2.24) is 9.97 Å². The summed E-state index contributed by atoms with van der Waals surface area (Å²) in [6, 6.07) is 14.2. The summed E-state index contributed by atoms with van der Waals surface area (Å²) in [5.74, 6) is 0.523. The van der Waals surface area contributed by atoms with E-state index >= 15 is 0 Å². The number of ketones is 1. The van der Waals surface area contributed by atoms with E-state index in [4.69, 9.17) is 0 Å². The third-order valence-corrected chi connectivity index (χ3v) is 4.34. The quantitative estimate of drug-likeness (QED) is 0.543. The molecule has 25 heavy (non-hydrogen) atoms. The third-order valence-electron chi connectivity index (χ3n) is 4.34. The van der Waals surface area contributed by atoms with Gasteiger partial charge in [0.1, 0.15) is 6.29 Å². The van der Waals surface area contributed by atoms with E-state index in [9.17, 15) is 9.59 Å². The van der Waals surface area contributed by atoms with E-state index in [0.29, 0.717) is 22.6 Å². The molecule has 2 aromatic carbocycles. The van der Waals surface area contributed by atoms with Crippen LogP contribution in [0.15, 0.2) is 60.9 Å². The van der Waals surface area contributed by atoms with Crippen molar-refractivity contribution < 1.29 is 9.59 Å². The molecule has 1 aromatic heterocycles. The fourth-order valence-corrected chi connectivity index (χ4v) is 3.14. The van der Waals surface area contributed by atoms with Gasteiger partial charge in [-0.3, -0.25) is 9.59 Å². The number of fused-ring (bicyclic) bond motifs is 1. The molecule has 1 aliphatic rings. The number of rotatable bonds is 4. The Balaban J connectivity index is 1.78. The minimum Gasteiger partial charge on any atom is -0.309 e. The van der Waals surface area contributed by atoms with Gasteiger partial charge < -0.3 is 4.90 Å². The lowest BCUT2D eigenvalue weighted by atomic mass is 9.98. The van der Waals surface area contributed by atoms with Gasteiger partial charge in [-0.25, -0.2) is 9.97 Å². The van der Waals surface area contributed by atoms with Crippen molar-refractivity contribution in [2.45, 2.75) is 6.42 Å². The molecule has 0 atom stereocenters. The summed E-state index contributed by atoms with van der Waals surface area (Å²) in [7, 11) is 0. The first kappa shape index (κ1) is 15.2.